The maximum atomic E-state index is 13.1. The number of rotatable bonds is 6. The molecule has 132 valence electrons. The number of aldehydes is 1. The molecule has 0 bridgehead atoms. The van der Waals surface area contributed by atoms with Gasteiger partial charge in [0.15, 0.2) is 5.82 Å². The highest BCUT2D eigenvalue weighted by Crippen LogP contribution is 2.15. The van der Waals surface area contributed by atoms with Crippen molar-refractivity contribution in [3.05, 3.63) is 57.9 Å². The van der Waals surface area contributed by atoms with Gasteiger partial charge in [-0.3, -0.25) is 4.79 Å². The normalized spacial score (nSPS) is 14.5. The Morgan fingerprint density at radius 1 is 1.20 bits per heavy atom. The van der Waals surface area contributed by atoms with E-state index in [0.29, 0.717) is 25.2 Å². The lowest BCUT2D eigenvalue weighted by Crippen LogP contribution is -2.39. The minimum Gasteiger partial charge on any atom is -0.350 e. The van der Waals surface area contributed by atoms with Crippen molar-refractivity contribution in [1.29, 1.82) is 0 Å². The van der Waals surface area contributed by atoms with Gasteiger partial charge in [-0.05, 0) is 24.1 Å². The van der Waals surface area contributed by atoms with Crippen LogP contribution in [0.3, 0.4) is 0 Å². The topological polar surface area (TPSA) is 55.2 Å². The Morgan fingerprint density at radius 2 is 1.92 bits per heavy atom. The maximum absolute atomic E-state index is 13.1. The van der Waals surface area contributed by atoms with E-state index in [0.717, 1.165) is 42.1 Å². The monoisotopic (exact) mass is 361 g/mol. The summed E-state index contributed by atoms with van der Waals surface area (Å²) < 4.78 is 14.7. The van der Waals surface area contributed by atoms with E-state index in [1.807, 2.05) is 16.7 Å². The Kier molecular flexibility index (Phi) is 5.86. The second kappa shape index (κ2) is 8.29. The molecule has 1 fully saturated rings. The van der Waals surface area contributed by atoms with Crippen molar-refractivity contribution < 1.29 is 9.18 Å². The first kappa shape index (κ1) is 17.7. The van der Waals surface area contributed by atoms with Crippen molar-refractivity contribution in [3.8, 4) is 0 Å². The molecule has 2 heterocycles. The van der Waals surface area contributed by atoms with Crippen molar-refractivity contribution in [2.45, 2.75) is 19.4 Å². The minimum absolute atomic E-state index is 0.147. The Hall–Kier alpha value is -2.15. The summed E-state index contributed by atoms with van der Waals surface area (Å²) in [4.78, 5) is 30.1. The fourth-order valence-corrected chi connectivity index (χ4v) is 3.70. The number of hydrogen-bond acceptors (Lipinski definition) is 5. The van der Waals surface area contributed by atoms with Crippen LogP contribution >= 0.6 is 11.8 Å². The van der Waals surface area contributed by atoms with Crippen LogP contribution in [0.2, 0.25) is 0 Å². The highest BCUT2D eigenvalue weighted by atomic mass is 32.2. The van der Waals surface area contributed by atoms with E-state index in [1.54, 1.807) is 22.9 Å². The Balaban J connectivity index is 1.95. The molecule has 3 rings (SSSR count). The van der Waals surface area contributed by atoms with Crippen molar-refractivity contribution in [1.82, 2.24) is 9.55 Å². The van der Waals surface area contributed by atoms with E-state index in [9.17, 15) is 14.0 Å². The molecule has 0 saturated carbocycles. The molecule has 1 saturated heterocycles. The number of aryl methyl sites for hydroxylation is 1. The molecule has 7 heteroatoms. The molecule has 0 unspecified atom stereocenters. The fourth-order valence-electron chi connectivity index (χ4n) is 2.79. The average molecular weight is 361 g/mol. The molecule has 2 aromatic rings. The van der Waals surface area contributed by atoms with E-state index in [1.165, 1.54) is 12.1 Å². The minimum atomic E-state index is -0.302. The van der Waals surface area contributed by atoms with Gasteiger partial charge in [0.05, 0.1) is 12.2 Å². The smallest absolute Gasteiger partial charge is 0.293 e. The van der Waals surface area contributed by atoms with Crippen LogP contribution in [0.1, 0.15) is 17.7 Å². The zero-order chi connectivity index (χ0) is 17.6. The van der Waals surface area contributed by atoms with Crippen LogP contribution in [0.4, 0.5) is 10.2 Å². The summed E-state index contributed by atoms with van der Waals surface area (Å²) in [5.74, 6) is 2.09. The van der Waals surface area contributed by atoms with Gasteiger partial charge >= 0.3 is 0 Å². The number of carbonyl (C=O) groups excluding carboxylic acids is 1. The molecular weight excluding hydrogens is 341 g/mol. The lowest BCUT2D eigenvalue weighted by Gasteiger charge is -2.27. The molecule has 0 amide bonds. The molecular formula is C18H20FN3O2S. The van der Waals surface area contributed by atoms with E-state index >= 15 is 0 Å². The van der Waals surface area contributed by atoms with E-state index in [4.69, 9.17) is 0 Å². The Bertz CT molecular complexity index is 786. The summed E-state index contributed by atoms with van der Waals surface area (Å²) in [5, 5.41) is 0. The van der Waals surface area contributed by atoms with Crippen LogP contribution in [0.15, 0.2) is 35.3 Å². The fraction of sp³-hybridized carbons (Fsp3) is 0.389. The number of carbonyl (C=O) groups is 1. The van der Waals surface area contributed by atoms with Crippen LogP contribution in [0.25, 0.3) is 0 Å². The predicted molar refractivity (Wildman–Crippen MR) is 97.9 cm³/mol. The molecule has 0 atom stereocenters. The summed E-state index contributed by atoms with van der Waals surface area (Å²) in [5.41, 5.74) is 1.42. The van der Waals surface area contributed by atoms with Crippen LogP contribution in [-0.4, -0.2) is 40.4 Å². The highest BCUT2D eigenvalue weighted by Gasteiger charge is 2.18. The van der Waals surface area contributed by atoms with Crippen LogP contribution < -0.4 is 10.5 Å². The third kappa shape index (κ3) is 4.48. The highest BCUT2D eigenvalue weighted by molar-refractivity contribution is 7.99. The van der Waals surface area contributed by atoms with Gasteiger partial charge in [0.2, 0.25) is 0 Å². The summed E-state index contributed by atoms with van der Waals surface area (Å²) in [7, 11) is 0. The first-order valence-electron chi connectivity index (χ1n) is 8.28. The average Bonchev–Trinajstić information content (AvgIpc) is 2.64. The van der Waals surface area contributed by atoms with Gasteiger partial charge in [0.1, 0.15) is 12.1 Å². The van der Waals surface area contributed by atoms with E-state index in [-0.39, 0.29) is 11.4 Å². The molecule has 0 radical (unpaired) electrons. The summed E-state index contributed by atoms with van der Waals surface area (Å²) in [6.07, 6.45) is 3.44. The summed E-state index contributed by atoms with van der Waals surface area (Å²) in [6.45, 7) is 1.94. The summed E-state index contributed by atoms with van der Waals surface area (Å²) in [6, 6.07) is 6.12. The van der Waals surface area contributed by atoms with Crippen LogP contribution in [0, 0.1) is 5.82 Å². The van der Waals surface area contributed by atoms with Crippen molar-refractivity contribution in [2.24, 2.45) is 0 Å². The molecule has 25 heavy (non-hydrogen) atoms. The standard InChI is InChI=1S/C18H20FN3O2S/c19-15-5-3-14(4-6-15)12-22-13-16(2-1-9-23)20-17(18(22)24)21-7-10-25-11-8-21/h3-6,9,13H,1-2,7-8,10-12H2. The molecule has 5 nitrogen and oxygen atoms in total. The molecule has 1 aliphatic rings. The number of nitrogens with zero attached hydrogens (tertiary/aromatic N) is 3. The first-order chi connectivity index (χ1) is 12.2. The Labute approximate surface area is 149 Å². The third-order valence-electron chi connectivity index (χ3n) is 4.10. The third-order valence-corrected chi connectivity index (χ3v) is 5.04. The molecule has 1 aliphatic heterocycles. The van der Waals surface area contributed by atoms with Gasteiger partial charge in [0.25, 0.3) is 5.56 Å². The maximum Gasteiger partial charge on any atom is 0.293 e. The lowest BCUT2D eigenvalue weighted by atomic mass is 10.2. The first-order valence-corrected chi connectivity index (χ1v) is 9.44. The van der Waals surface area contributed by atoms with Gasteiger partial charge in [0, 0.05) is 37.2 Å². The van der Waals surface area contributed by atoms with Gasteiger partial charge in [-0.1, -0.05) is 12.1 Å². The van der Waals surface area contributed by atoms with Crippen LogP contribution in [-0.2, 0) is 17.8 Å². The zero-order valence-electron chi connectivity index (χ0n) is 13.9. The largest absolute Gasteiger partial charge is 0.350 e. The van der Waals surface area contributed by atoms with Gasteiger partial charge in [-0.15, -0.1) is 0 Å². The number of hydrogen-bond donors (Lipinski definition) is 0. The number of benzene rings is 1. The molecule has 0 aliphatic carbocycles. The van der Waals surface area contributed by atoms with Gasteiger partial charge in [-0.25, -0.2) is 9.37 Å². The second-order valence-electron chi connectivity index (χ2n) is 5.92. The molecule has 0 spiro atoms. The summed E-state index contributed by atoms with van der Waals surface area (Å²) >= 11 is 1.87. The molecule has 0 N–H and O–H groups in total. The number of halogens is 1. The second-order valence-corrected chi connectivity index (χ2v) is 7.14. The quantitative estimate of drug-likeness (QED) is 0.738. The number of aromatic nitrogens is 2. The number of anilines is 1. The zero-order valence-corrected chi connectivity index (χ0v) is 14.7. The SMILES string of the molecule is O=CCCc1cn(Cc2ccc(F)cc2)c(=O)c(N2CCSCC2)n1. The predicted octanol–water partition coefficient (Wildman–Crippen LogP) is 2.12. The number of thioether (sulfide) groups is 1. The molecule has 1 aromatic heterocycles. The molecule has 1 aromatic carbocycles. The lowest BCUT2D eigenvalue weighted by molar-refractivity contribution is -0.107. The van der Waals surface area contributed by atoms with E-state index in [2.05, 4.69) is 4.98 Å². The Morgan fingerprint density at radius 3 is 2.60 bits per heavy atom. The van der Waals surface area contributed by atoms with Crippen molar-refractivity contribution in [2.75, 3.05) is 29.5 Å². The van der Waals surface area contributed by atoms with Crippen molar-refractivity contribution >= 4 is 23.9 Å². The van der Waals surface area contributed by atoms with Gasteiger partial charge in [-0.2, -0.15) is 11.8 Å². The van der Waals surface area contributed by atoms with Crippen LogP contribution in [0.5, 0.6) is 0 Å². The van der Waals surface area contributed by atoms with E-state index < -0.39 is 0 Å². The van der Waals surface area contributed by atoms with Crippen molar-refractivity contribution in [3.63, 3.8) is 0 Å². The van der Waals surface area contributed by atoms with Gasteiger partial charge < -0.3 is 14.3 Å².